The van der Waals surface area contributed by atoms with Gasteiger partial charge in [-0.3, -0.25) is 0 Å². The summed E-state index contributed by atoms with van der Waals surface area (Å²) in [5.41, 5.74) is 4.74. The van der Waals surface area contributed by atoms with Crippen LogP contribution >= 0.6 is 0 Å². The second-order valence-corrected chi connectivity index (χ2v) is 10.5. The van der Waals surface area contributed by atoms with Gasteiger partial charge in [0, 0.05) is 16.5 Å². The summed E-state index contributed by atoms with van der Waals surface area (Å²) in [6.07, 6.45) is 0. The number of fused-ring (bicyclic) bond motifs is 2. The highest BCUT2D eigenvalue weighted by Crippen LogP contribution is 2.48. The third-order valence-electron chi connectivity index (χ3n) is 8.33. The first kappa shape index (κ1) is 18.0. The van der Waals surface area contributed by atoms with Crippen molar-refractivity contribution in [2.45, 2.75) is 0 Å². The molecule has 190 valence electrons. The Kier molecular flexibility index (Phi) is 3.76. The highest BCUT2D eigenvalue weighted by molar-refractivity contribution is 6.28. The number of benzene rings is 8. The first-order valence-corrected chi connectivity index (χ1v) is 13.7. The summed E-state index contributed by atoms with van der Waals surface area (Å²) in [6.45, 7) is 0. The molecule has 0 radical (unpaired) electrons. The van der Waals surface area contributed by atoms with Crippen molar-refractivity contribution >= 4 is 54.1 Å². The predicted molar refractivity (Wildman–Crippen MR) is 174 cm³/mol. The van der Waals surface area contributed by atoms with Gasteiger partial charge in [-0.1, -0.05) is 139 Å². The highest BCUT2D eigenvalue weighted by Gasteiger charge is 2.22. The SMILES string of the molecule is [2H]c1c([2H])c([2H])c(-c2ccc3ccc4c(-c5c(-c6cccc7ccccc67)oc6ccccc56)ccc5ccc2c3c54)c([2H])c1[2H]. The summed E-state index contributed by atoms with van der Waals surface area (Å²) >= 11 is 0. The average molecular weight is 526 g/mol. The molecule has 0 saturated carbocycles. The van der Waals surface area contributed by atoms with Crippen LogP contribution in [0.3, 0.4) is 0 Å². The third kappa shape index (κ3) is 3.24. The van der Waals surface area contributed by atoms with Gasteiger partial charge in [-0.25, -0.2) is 0 Å². The lowest BCUT2D eigenvalue weighted by Crippen LogP contribution is -1.90. The summed E-state index contributed by atoms with van der Waals surface area (Å²) < 4.78 is 48.8. The Balaban J connectivity index is 1.39. The predicted octanol–water partition coefficient (Wildman–Crippen LogP) is 11.5. The summed E-state index contributed by atoms with van der Waals surface area (Å²) in [5, 5.41) is 9.34. The van der Waals surface area contributed by atoms with E-state index < -0.39 is 6.04 Å². The van der Waals surface area contributed by atoms with Gasteiger partial charge in [0.25, 0.3) is 0 Å². The van der Waals surface area contributed by atoms with E-state index in [1.165, 1.54) is 0 Å². The Bertz CT molecular complexity index is 2670. The van der Waals surface area contributed by atoms with Crippen LogP contribution in [0.2, 0.25) is 0 Å². The van der Waals surface area contributed by atoms with E-state index in [4.69, 9.17) is 11.3 Å². The molecule has 0 aliphatic carbocycles. The molecule has 1 heteroatoms. The van der Waals surface area contributed by atoms with Crippen LogP contribution in [0.4, 0.5) is 0 Å². The first-order valence-electron chi connectivity index (χ1n) is 16.2. The highest BCUT2D eigenvalue weighted by atomic mass is 16.3. The van der Waals surface area contributed by atoms with Gasteiger partial charge in [0.15, 0.2) is 0 Å². The zero-order valence-electron chi connectivity index (χ0n) is 26.9. The van der Waals surface area contributed by atoms with Crippen LogP contribution in [-0.4, -0.2) is 0 Å². The maximum absolute atomic E-state index is 8.69. The van der Waals surface area contributed by atoms with E-state index >= 15 is 0 Å². The third-order valence-corrected chi connectivity index (χ3v) is 8.33. The van der Waals surface area contributed by atoms with Crippen molar-refractivity contribution in [1.82, 2.24) is 0 Å². The van der Waals surface area contributed by atoms with Crippen LogP contribution in [0, 0.1) is 0 Å². The van der Waals surface area contributed by atoms with Gasteiger partial charge >= 0.3 is 0 Å². The minimum atomic E-state index is -0.393. The van der Waals surface area contributed by atoms with Gasteiger partial charge in [0.1, 0.15) is 11.3 Å². The van der Waals surface area contributed by atoms with Crippen LogP contribution in [0.1, 0.15) is 6.85 Å². The molecule has 0 spiro atoms. The largest absolute Gasteiger partial charge is 0.455 e. The molecule has 0 aliphatic rings. The first-order chi connectivity index (χ1) is 22.4. The molecular weight excluding hydrogens is 496 g/mol. The molecule has 41 heavy (non-hydrogen) atoms. The van der Waals surface area contributed by atoms with Crippen molar-refractivity contribution in [1.29, 1.82) is 0 Å². The fraction of sp³-hybridized carbons (Fsp3) is 0. The van der Waals surface area contributed by atoms with Crippen molar-refractivity contribution in [2.75, 3.05) is 0 Å². The van der Waals surface area contributed by atoms with Gasteiger partial charge in [0.2, 0.25) is 0 Å². The van der Waals surface area contributed by atoms with Gasteiger partial charge in [-0.15, -0.1) is 0 Å². The van der Waals surface area contributed by atoms with Crippen LogP contribution in [-0.2, 0) is 0 Å². The van der Waals surface area contributed by atoms with Crippen molar-refractivity contribution < 1.29 is 11.3 Å². The molecule has 0 N–H and O–H groups in total. The molecule has 9 rings (SSSR count). The minimum absolute atomic E-state index is 0.202. The zero-order chi connectivity index (χ0) is 31.3. The quantitative estimate of drug-likeness (QED) is 0.209. The van der Waals surface area contributed by atoms with Crippen LogP contribution in [0.25, 0.3) is 87.6 Å². The number of para-hydroxylation sites is 1. The maximum atomic E-state index is 8.69. The van der Waals surface area contributed by atoms with E-state index in [2.05, 4.69) is 72.8 Å². The second-order valence-electron chi connectivity index (χ2n) is 10.5. The minimum Gasteiger partial charge on any atom is -0.455 e. The molecule has 0 saturated heterocycles. The van der Waals surface area contributed by atoms with E-state index in [1.807, 2.05) is 42.5 Å². The lowest BCUT2D eigenvalue weighted by atomic mass is 9.86. The zero-order valence-corrected chi connectivity index (χ0v) is 21.9. The van der Waals surface area contributed by atoms with Crippen molar-refractivity contribution in [3.05, 3.63) is 145 Å². The summed E-state index contributed by atoms with van der Waals surface area (Å²) in [4.78, 5) is 0. The Labute approximate surface area is 244 Å². The van der Waals surface area contributed by atoms with E-state index in [-0.39, 0.29) is 29.7 Å². The van der Waals surface area contributed by atoms with Gasteiger partial charge in [-0.05, 0) is 65.8 Å². The molecule has 1 nitrogen and oxygen atoms in total. The van der Waals surface area contributed by atoms with Crippen molar-refractivity contribution in [2.24, 2.45) is 0 Å². The molecule has 9 aromatic rings. The number of rotatable bonds is 3. The van der Waals surface area contributed by atoms with Crippen LogP contribution < -0.4 is 0 Å². The molecule has 0 unspecified atom stereocenters. The van der Waals surface area contributed by atoms with E-state index in [9.17, 15) is 0 Å². The lowest BCUT2D eigenvalue weighted by molar-refractivity contribution is 0.633. The van der Waals surface area contributed by atoms with Gasteiger partial charge in [0.05, 0.1) is 6.85 Å². The molecule has 0 atom stereocenters. The topological polar surface area (TPSA) is 13.1 Å². The molecule has 0 bridgehead atoms. The van der Waals surface area contributed by atoms with Crippen molar-refractivity contribution in [3.8, 4) is 33.6 Å². The lowest BCUT2D eigenvalue weighted by Gasteiger charge is -2.17. The Hall–Kier alpha value is -5.40. The number of furan rings is 1. The smallest absolute Gasteiger partial charge is 0.143 e. The maximum Gasteiger partial charge on any atom is 0.143 e. The molecule has 8 aromatic carbocycles. The fourth-order valence-corrected chi connectivity index (χ4v) is 6.55. The monoisotopic (exact) mass is 525 g/mol. The number of hydrogen-bond donors (Lipinski definition) is 0. The summed E-state index contributed by atoms with van der Waals surface area (Å²) in [7, 11) is 0. The fourth-order valence-electron chi connectivity index (χ4n) is 6.55. The Morgan fingerprint density at radius 2 is 1.07 bits per heavy atom. The van der Waals surface area contributed by atoms with E-state index in [1.54, 1.807) is 0 Å². The molecule has 0 aliphatic heterocycles. The molecule has 0 fully saturated rings. The van der Waals surface area contributed by atoms with Crippen molar-refractivity contribution in [3.63, 3.8) is 0 Å². The van der Waals surface area contributed by atoms with E-state index in [0.717, 1.165) is 76.5 Å². The van der Waals surface area contributed by atoms with E-state index in [0.29, 0.717) is 5.56 Å². The number of hydrogen-bond acceptors (Lipinski definition) is 1. The standard InChI is InChI=1S/C40H24O/c1-2-9-25(10-3-1)30-21-17-27-19-23-32-33(24-20-28-18-22-31(30)37(27)38(28)32)39-35-14-6-7-16-36(35)41-40(39)34-15-8-12-26-11-4-5-13-29(26)34/h1-24H/i1D,2D,3D,9D,10D. The Morgan fingerprint density at radius 1 is 0.439 bits per heavy atom. The molecule has 1 heterocycles. The molecule has 0 amide bonds. The molecule has 1 aromatic heterocycles. The summed E-state index contributed by atoms with van der Waals surface area (Å²) in [6, 6.07) is 37.8. The Morgan fingerprint density at radius 3 is 1.88 bits per heavy atom. The average Bonchev–Trinajstić information content (AvgIpc) is 3.48. The summed E-state index contributed by atoms with van der Waals surface area (Å²) in [5.74, 6) is 0.813. The second kappa shape index (κ2) is 8.55. The van der Waals surface area contributed by atoms with Crippen LogP contribution in [0.15, 0.2) is 150 Å². The molecular formula is C40H24O. The van der Waals surface area contributed by atoms with Gasteiger partial charge in [-0.2, -0.15) is 0 Å². The normalized spacial score (nSPS) is 13.6. The van der Waals surface area contributed by atoms with Crippen LogP contribution in [0.5, 0.6) is 0 Å². The van der Waals surface area contributed by atoms with Gasteiger partial charge < -0.3 is 4.42 Å².